The van der Waals surface area contributed by atoms with Crippen LogP contribution in [-0.4, -0.2) is 47.6 Å². The zero-order valence-corrected chi connectivity index (χ0v) is 10.7. The summed E-state index contributed by atoms with van der Waals surface area (Å²) in [4.78, 5) is 12.1. The Balaban J connectivity index is 2.09. The molecule has 0 fully saturated rings. The van der Waals surface area contributed by atoms with E-state index >= 15 is 0 Å². The van der Waals surface area contributed by atoms with Crippen LogP contribution in [0.3, 0.4) is 0 Å². The first-order valence-electron chi connectivity index (χ1n) is 6.08. The molecule has 6 nitrogen and oxygen atoms in total. The quantitative estimate of drug-likeness (QED) is 0.715. The summed E-state index contributed by atoms with van der Waals surface area (Å²) in [6.45, 7) is 0.381. The molecule has 1 atom stereocenters. The van der Waals surface area contributed by atoms with Crippen LogP contribution in [0.2, 0.25) is 0 Å². The van der Waals surface area contributed by atoms with E-state index in [4.69, 9.17) is 9.84 Å². The maximum absolute atomic E-state index is 12.1. The lowest BCUT2D eigenvalue weighted by Gasteiger charge is -2.16. The second-order valence-corrected chi connectivity index (χ2v) is 4.31. The Kier molecular flexibility index (Phi) is 4.48. The first-order chi connectivity index (χ1) is 9.24. The summed E-state index contributed by atoms with van der Waals surface area (Å²) >= 11 is 0. The fourth-order valence-corrected chi connectivity index (χ4v) is 1.90. The Labute approximate surface area is 110 Å². The third-order valence-corrected chi connectivity index (χ3v) is 2.88. The zero-order chi connectivity index (χ0) is 13.7. The Morgan fingerprint density at radius 1 is 1.58 bits per heavy atom. The van der Waals surface area contributed by atoms with Crippen molar-refractivity contribution in [3.63, 3.8) is 0 Å². The summed E-state index contributed by atoms with van der Waals surface area (Å²) in [5.41, 5.74) is 1.37. The number of amides is 1. The number of rotatable bonds is 6. The first kappa shape index (κ1) is 13.5. The minimum Gasteiger partial charge on any atom is -0.396 e. The molecule has 3 N–H and O–H groups in total. The second-order valence-electron chi connectivity index (χ2n) is 4.31. The van der Waals surface area contributed by atoms with Crippen molar-refractivity contribution < 1.29 is 14.6 Å². The van der Waals surface area contributed by atoms with Gasteiger partial charge in [-0.25, -0.2) is 0 Å². The molecular formula is C13H17N3O3. The minimum atomic E-state index is -0.194. The number of hydrogen-bond acceptors (Lipinski definition) is 4. The zero-order valence-electron chi connectivity index (χ0n) is 10.7. The van der Waals surface area contributed by atoms with Gasteiger partial charge in [0.05, 0.1) is 24.4 Å². The molecule has 0 aliphatic heterocycles. The molecule has 0 saturated heterocycles. The van der Waals surface area contributed by atoms with Crippen LogP contribution in [0.15, 0.2) is 24.4 Å². The highest BCUT2D eigenvalue weighted by atomic mass is 16.5. The van der Waals surface area contributed by atoms with E-state index in [9.17, 15) is 4.79 Å². The number of aliphatic hydroxyl groups is 1. The van der Waals surface area contributed by atoms with E-state index in [1.54, 1.807) is 25.4 Å². The maximum Gasteiger partial charge on any atom is 0.251 e. The molecule has 0 aliphatic rings. The van der Waals surface area contributed by atoms with Crippen molar-refractivity contribution in [2.75, 3.05) is 20.3 Å². The molecule has 2 rings (SSSR count). The number of hydrogen-bond donors (Lipinski definition) is 3. The van der Waals surface area contributed by atoms with Gasteiger partial charge >= 0.3 is 0 Å². The number of aliphatic hydroxyl groups excluding tert-OH is 1. The Bertz CT molecular complexity index is 547. The van der Waals surface area contributed by atoms with Gasteiger partial charge in [-0.1, -0.05) is 6.07 Å². The van der Waals surface area contributed by atoms with E-state index in [-0.39, 0.29) is 18.6 Å². The van der Waals surface area contributed by atoms with Gasteiger partial charge in [0.15, 0.2) is 0 Å². The van der Waals surface area contributed by atoms with Gasteiger partial charge in [0, 0.05) is 24.7 Å². The number of methoxy groups -OCH3 is 1. The van der Waals surface area contributed by atoms with Gasteiger partial charge in [0.1, 0.15) is 0 Å². The van der Waals surface area contributed by atoms with Crippen molar-refractivity contribution >= 4 is 16.8 Å². The molecule has 1 unspecified atom stereocenters. The number of fused-ring (bicyclic) bond motifs is 1. The molecular weight excluding hydrogens is 246 g/mol. The predicted molar refractivity (Wildman–Crippen MR) is 70.9 cm³/mol. The smallest absolute Gasteiger partial charge is 0.251 e. The molecule has 102 valence electrons. The Morgan fingerprint density at radius 3 is 3.16 bits per heavy atom. The van der Waals surface area contributed by atoms with E-state index in [1.807, 2.05) is 6.07 Å². The number of aromatic nitrogens is 2. The van der Waals surface area contributed by atoms with Crippen LogP contribution < -0.4 is 5.32 Å². The number of carbonyl (C=O) groups excluding carboxylic acids is 1. The highest BCUT2D eigenvalue weighted by molar-refractivity contribution is 5.97. The Morgan fingerprint density at radius 2 is 2.42 bits per heavy atom. The molecule has 1 heterocycles. The number of H-pyrrole nitrogens is 1. The van der Waals surface area contributed by atoms with Gasteiger partial charge < -0.3 is 15.2 Å². The fraction of sp³-hybridized carbons (Fsp3) is 0.385. The Hall–Kier alpha value is -1.92. The van der Waals surface area contributed by atoms with Crippen molar-refractivity contribution in [1.82, 2.24) is 15.5 Å². The summed E-state index contributed by atoms with van der Waals surface area (Å²) in [6, 6.07) is 5.14. The van der Waals surface area contributed by atoms with Gasteiger partial charge in [0.2, 0.25) is 0 Å². The van der Waals surface area contributed by atoms with E-state index < -0.39 is 0 Å². The molecule has 0 aliphatic carbocycles. The summed E-state index contributed by atoms with van der Waals surface area (Å²) in [5, 5.41) is 19.5. The molecule has 6 heteroatoms. The van der Waals surface area contributed by atoms with Crippen molar-refractivity contribution in [3.05, 3.63) is 30.0 Å². The summed E-state index contributed by atoms with van der Waals surface area (Å²) in [6.07, 6.45) is 2.17. The maximum atomic E-state index is 12.1. The predicted octanol–water partition coefficient (Wildman–Crippen LogP) is 0.690. The lowest BCUT2D eigenvalue weighted by atomic mass is 10.1. The molecule has 1 aromatic heterocycles. The van der Waals surface area contributed by atoms with Crippen molar-refractivity contribution in [2.24, 2.45) is 0 Å². The SMILES string of the molecule is COCC(CCO)NC(=O)c1ccc2cn[nH]c2c1. The van der Waals surface area contributed by atoms with E-state index in [2.05, 4.69) is 15.5 Å². The lowest BCUT2D eigenvalue weighted by Crippen LogP contribution is -2.38. The minimum absolute atomic E-state index is 0.00783. The van der Waals surface area contributed by atoms with Crippen LogP contribution in [0.1, 0.15) is 16.8 Å². The number of nitrogens with one attached hydrogen (secondary N) is 2. The van der Waals surface area contributed by atoms with Gasteiger partial charge in [-0.2, -0.15) is 5.10 Å². The topological polar surface area (TPSA) is 87.2 Å². The molecule has 1 amide bonds. The van der Waals surface area contributed by atoms with Crippen molar-refractivity contribution in [1.29, 1.82) is 0 Å². The van der Waals surface area contributed by atoms with E-state index in [1.165, 1.54) is 0 Å². The van der Waals surface area contributed by atoms with Crippen LogP contribution in [0.5, 0.6) is 0 Å². The van der Waals surface area contributed by atoms with E-state index in [0.717, 1.165) is 10.9 Å². The average molecular weight is 263 g/mol. The van der Waals surface area contributed by atoms with Gasteiger partial charge in [-0.3, -0.25) is 9.89 Å². The number of nitrogens with zero attached hydrogens (tertiary/aromatic N) is 1. The summed E-state index contributed by atoms with van der Waals surface area (Å²) in [7, 11) is 1.56. The molecule has 0 spiro atoms. The third-order valence-electron chi connectivity index (χ3n) is 2.88. The van der Waals surface area contributed by atoms with Gasteiger partial charge in [-0.05, 0) is 18.6 Å². The highest BCUT2D eigenvalue weighted by Crippen LogP contribution is 2.12. The highest BCUT2D eigenvalue weighted by Gasteiger charge is 2.13. The number of ether oxygens (including phenoxy) is 1. The lowest BCUT2D eigenvalue weighted by molar-refractivity contribution is 0.0879. The third kappa shape index (κ3) is 3.30. The van der Waals surface area contributed by atoms with Crippen LogP contribution in [0.4, 0.5) is 0 Å². The van der Waals surface area contributed by atoms with E-state index in [0.29, 0.717) is 18.6 Å². The van der Waals surface area contributed by atoms with Crippen molar-refractivity contribution in [2.45, 2.75) is 12.5 Å². The van der Waals surface area contributed by atoms with Crippen LogP contribution in [-0.2, 0) is 4.74 Å². The number of benzene rings is 1. The number of aromatic amines is 1. The molecule has 0 saturated carbocycles. The summed E-state index contributed by atoms with van der Waals surface area (Å²) < 4.78 is 5.01. The molecule has 0 bridgehead atoms. The van der Waals surface area contributed by atoms with Gasteiger partial charge in [-0.15, -0.1) is 0 Å². The standard InChI is InChI=1S/C13H17N3O3/c1-19-8-11(4-5-17)15-13(18)9-2-3-10-7-14-16-12(10)6-9/h2-3,6-7,11,17H,4-5,8H2,1H3,(H,14,16)(H,15,18). The van der Waals surface area contributed by atoms with Crippen LogP contribution in [0.25, 0.3) is 10.9 Å². The molecule has 19 heavy (non-hydrogen) atoms. The normalized spacial score (nSPS) is 12.5. The largest absolute Gasteiger partial charge is 0.396 e. The first-order valence-corrected chi connectivity index (χ1v) is 6.08. The van der Waals surface area contributed by atoms with Crippen molar-refractivity contribution in [3.8, 4) is 0 Å². The molecule has 2 aromatic rings. The van der Waals surface area contributed by atoms with Gasteiger partial charge in [0.25, 0.3) is 5.91 Å². The average Bonchev–Trinajstić information content (AvgIpc) is 2.86. The number of carbonyl (C=O) groups is 1. The second kappa shape index (κ2) is 6.31. The van der Waals surface area contributed by atoms with Crippen LogP contribution >= 0.6 is 0 Å². The monoisotopic (exact) mass is 263 g/mol. The molecule has 1 aromatic carbocycles. The summed E-state index contributed by atoms with van der Waals surface area (Å²) in [5.74, 6) is -0.188. The molecule has 0 radical (unpaired) electrons. The van der Waals surface area contributed by atoms with Crippen LogP contribution in [0, 0.1) is 0 Å². The fourth-order valence-electron chi connectivity index (χ4n) is 1.90.